The van der Waals surface area contributed by atoms with Crippen LogP contribution in [-0.4, -0.2) is 27.7 Å². The van der Waals surface area contributed by atoms with E-state index in [4.69, 9.17) is 0 Å². The van der Waals surface area contributed by atoms with Crippen molar-refractivity contribution >= 4 is 23.2 Å². The average molecular weight is 355 g/mol. The number of benzene rings is 2. The number of phenols is 2. The molecule has 0 saturated heterocycles. The van der Waals surface area contributed by atoms with Gasteiger partial charge in [-0.05, 0) is 37.6 Å². The number of hydrazone groups is 1. The van der Waals surface area contributed by atoms with Crippen molar-refractivity contribution in [2.45, 2.75) is 26.7 Å². The van der Waals surface area contributed by atoms with Gasteiger partial charge in [0.1, 0.15) is 11.5 Å². The molecule has 0 aliphatic rings. The average Bonchev–Trinajstić information content (AvgIpc) is 2.60. The fourth-order valence-corrected chi connectivity index (χ4v) is 2.24. The molecule has 0 fully saturated rings. The summed E-state index contributed by atoms with van der Waals surface area (Å²) in [6.45, 7) is 3.50. The van der Waals surface area contributed by atoms with Gasteiger partial charge in [-0.1, -0.05) is 18.2 Å². The second-order valence-electron chi connectivity index (χ2n) is 5.80. The molecular weight excluding hydrogens is 334 g/mol. The molecule has 2 amide bonds. The lowest BCUT2D eigenvalue weighted by Gasteiger charge is -2.08. The van der Waals surface area contributed by atoms with E-state index in [2.05, 4.69) is 15.8 Å². The molecule has 2 aromatic rings. The summed E-state index contributed by atoms with van der Waals surface area (Å²) in [4.78, 5) is 23.8. The number of aryl methyl sites for hydroxylation is 1. The number of nitrogens with zero attached hydrogens (tertiary/aromatic N) is 1. The predicted octanol–water partition coefficient (Wildman–Crippen LogP) is 2.67. The van der Waals surface area contributed by atoms with Crippen molar-refractivity contribution in [1.29, 1.82) is 0 Å². The standard InChI is InChI=1S/C19H21N3O4/c1-12-5-3-4-6-16(12)20-18(25)9-10-19(26)22-21-13(2)15-8-7-14(23)11-17(15)24/h3-8,11,23-24H,9-10H2,1-2H3,(H,20,25)(H,22,26)/b21-13-. The predicted molar refractivity (Wildman–Crippen MR) is 99.2 cm³/mol. The van der Waals surface area contributed by atoms with Crippen molar-refractivity contribution in [1.82, 2.24) is 5.43 Å². The third kappa shape index (κ3) is 5.34. The topological polar surface area (TPSA) is 111 Å². The lowest BCUT2D eigenvalue weighted by atomic mass is 10.1. The quantitative estimate of drug-likeness (QED) is 0.471. The van der Waals surface area contributed by atoms with E-state index in [1.165, 1.54) is 18.2 Å². The number of carbonyl (C=O) groups excluding carboxylic acids is 2. The van der Waals surface area contributed by atoms with Gasteiger partial charge < -0.3 is 15.5 Å². The Morgan fingerprint density at radius 1 is 1.04 bits per heavy atom. The lowest BCUT2D eigenvalue weighted by Crippen LogP contribution is -2.22. The molecule has 4 N–H and O–H groups in total. The molecule has 7 heteroatoms. The Morgan fingerprint density at radius 2 is 1.73 bits per heavy atom. The Morgan fingerprint density at radius 3 is 2.42 bits per heavy atom. The summed E-state index contributed by atoms with van der Waals surface area (Å²) in [7, 11) is 0. The van der Waals surface area contributed by atoms with E-state index in [0.29, 0.717) is 11.3 Å². The smallest absolute Gasteiger partial charge is 0.240 e. The molecule has 0 aromatic heterocycles. The number of amides is 2. The highest BCUT2D eigenvalue weighted by atomic mass is 16.3. The van der Waals surface area contributed by atoms with Crippen molar-refractivity contribution in [2.24, 2.45) is 5.10 Å². The minimum Gasteiger partial charge on any atom is -0.508 e. The van der Waals surface area contributed by atoms with Crippen LogP contribution in [0.25, 0.3) is 0 Å². The van der Waals surface area contributed by atoms with E-state index in [1.807, 2.05) is 25.1 Å². The number of hydrogen-bond donors (Lipinski definition) is 4. The van der Waals surface area contributed by atoms with Crippen LogP contribution in [0.15, 0.2) is 47.6 Å². The van der Waals surface area contributed by atoms with Crippen LogP contribution in [0.2, 0.25) is 0 Å². The minimum absolute atomic E-state index is 0.0178. The summed E-state index contributed by atoms with van der Waals surface area (Å²) < 4.78 is 0. The van der Waals surface area contributed by atoms with Crippen LogP contribution in [0.3, 0.4) is 0 Å². The molecule has 2 rings (SSSR count). The van der Waals surface area contributed by atoms with E-state index in [9.17, 15) is 19.8 Å². The summed E-state index contributed by atoms with van der Waals surface area (Å²) in [5.41, 5.74) is 4.77. The highest BCUT2D eigenvalue weighted by molar-refractivity contribution is 6.01. The van der Waals surface area contributed by atoms with Crippen molar-refractivity contribution in [3.05, 3.63) is 53.6 Å². The molecule has 0 spiro atoms. The normalized spacial score (nSPS) is 11.1. The first-order valence-corrected chi connectivity index (χ1v) is 8.08. The monoisotopic (exact) mass is 355 g/mol. The Labute approximate surface area is 151 Å². The molecule has 0 aliphatic carbocycles. The van der Waals surface area contributed by atoms with E-state index in [0.717, 1.165) is 11.3 Å². The summed E-state index contributed by atoms with van der Waals surface area (Å²) in [5, 5.41) is 25.7. The van der Waals surface area contributed by atoms with Gasteiger partial charge in [0.15, 0.2) is 0 Å². The SMILES string of the molecule is C/C(=N/NC(=O)CCC(=O)Nc1ccccc1C)c1ccc(O)cc1O. The van der Waals surface area contributed by atoms with Crippen LogP contribution in [0, 0.1) is 6.92 Å². The number of phenolic OH excluding ortho intramolecular Hbond substituents is 2. The van der Waals surface area contributed by atoms with Gasteiger partial charge in [0.2, 0.25) is 11.8 Å². The molecule has 0 saturated carbocycles. The molecule has 7 nitrogen and oxygen atoms in total. The number of nitrogens with one attached hydrogen (secondary N) is 2. The van der Waals surface area contributed by atoms with Crippen LogP contribution < -0.4 is 10.7 Å². The molecule has 0 heterocycles. The third-order valence-corrected chi connectivity index (χ3v) is 3.72. The number of carbonyl (C=O) groups is 2. The van der Waals surface area contributed by atoms with Crippen LogP contribution >= 0.6 is 0 Å². The van der Waals surface area contributed by atoms with Crippen LogP contribution in [0.1, 0.15) is 30.9 Å². The van der Waals surface area contributed by atoms with E-state index in [1.54, 1.807) is 13.0 Å². The molecular formula is C19H21N3O4. The van der Waals surface area contributed by atoms with Crippen molar-refractivity contribution in [3.8, 4) is 11.5 Å². The summed E-state index contributed by atoms with van der Waals surface area (Å²) in [6.07, 6.45) is 0.00918. The van der Waals surface area contributed by atoms with E-state index in [-0.39, 0.29) is 30.2 Å². The first-order valence-electron chi connectivity index (χ1n) is 8.08. The maximum atomic E-state index is 11.9. The zero-order valence-corrected chi connectivity index (χ0v) is 14.6. The third-order valence-electron chi connectivity index (χ3n) is 3.72. The molecule has 0 atom stereocenters. The second kappa shape index (κ2) is 8.66. The van der Waals surface area contributed by atoms with E-state index < -0.39 is 5.91 Å². The highest BCUT2D eigenvalue weighted by Gasteiger charge is 2.09. The first kappa shape index (κ1) is 19.0. The van der Waals surface area contributed by atoms with Gasteiger partial charge in [-0.3, -0.25) is 9.59 Å². The maximum absolute atomic E-state index is 11.9. The summed E-state index contributed by atoms with van der Waals surface area (Å²) in [5.74, 6) is -0.880. The van der Waals surface area contributed by atoms with Gasteiger partial charge in [0.25, 0.3) is 0 Å². The van der Waals surface area contributed by atoms with Gasteiger partial charge >= 0.3 is 0 Å². The summed E-state index contributed by atoms with van der Waals surface area (Å²) >= 11 is 0. The Balaban J connectivity index is 1.84. The number of para-hydroxylation sites is 1. The van der Waals surface area contributed by atoms with Crippen LogP contribution in [0.4, 0.5) is 5.69 Å². The number of anilines is 1. The zero-order valence-electron chi connectivity index (χ0n) is 14.6. The number of hydrogen-bond acceptors (Lipinski definition) is 5. The fourth-order valence-electron chi connectivity index (χ4n) is 2.24. The van der Waals surface area contributed by atoms with Gasteiger partial charge in [0.05, 0.1) is 5.71 Å². The molecule has 136 valence electrons. The van der Waals surface area contributed by atoms with Gasteiger partial charge in [-0.2, -0.15) is 5.10 Å². The maximum Gasteiger partial charge on any atom is 0.240 e. The molecule has 26 heavy (non-hydrogen) atoms. The van der Waals surface area contributed by atoms with Crippen LogP contribution in [-0.2, 0) is 9.59 Å². The van der Waals surface area contributed by atoms with Crippen LogP contribution in [0.5, 0.6) is 11.5 Å². The molecule has 0 aliphatic heterocycles. The molecule has 2 aromatic carbocycles. The van der Waals surface area contributed by atoms with Crippen molar-refractivity contribution < 1.29 is 19.8 Å². The van der Waals surface area contributed by atoms with Crippen molar-refractivity contribution in [3.63, 3.8) is 0 Å². The highest BCUT2D eigenvalue weighted by Crippen LogP contribution is 2.23. The fraction of sp³-hybridized carbons (Fsp3) is 0.211. The Kier molecular flexibility index (Phi) is 6.32. The largest absolute Gasteiger partial charge is 0.508 e. The number of rotatable bonds is 6. The van der Waals surface area contributed by atoms with Gasteiger partial charge in [0, 0.05) is 30.2 Å². The van der Waals surface area contributed by atoms with E-state index >= 15 is 0 Å². The second-order valence-corrected chi connectivity index (χ2v) is 5.80. The molecule has 0 bridgehead atoms. The Hall–Kier alpha value is -3.35. The molecule has 0 radical (unpaired) electrons. The minimum atomic E-state index is -0.414. The molecule has 0 unspecified atom stereocenters. The van der Waals surface area contributed by atoms with Gasteiger partial charge in [-0.25, -0.2) is 5.43 Å². The van der Waals surface area contributed by atoms with Gasteiger partial charge in [-0.15, -0.1) is 0 Å². The number of aromatic hydroxyl groups is 2. The van der Waals surface area contributed by atoms with Crippen molar-refractivity contribution in [2.75, 3.05) is 5.32 Å². The zero-order chi connectivity index (χ0) is 19.1. The first-order chi connectivity index (χ1) is 12.4. The Bertz CT molecular complexity index is 846. The lowest BCUT2D eigenvalue weighted by molar-refractivity contribution is -0.124. The summed E-state index contributed by atoms with van der Waals surface area (Å²) in [6, 6.07) is 11.5.